The standard InChI is InChI=1S/C19H36BrO6P/c1-2-3-4-5-6-7-8-9-10-11-12-13-14-15-19(21)26-18(16-20)17-25-27(22,23)24/h7-8,18H,2-6,9-17H2,1H3,(H2,22,23,24)/b8-7-/t18-/m1/s1. The summed E-state index contributed by atoms with van der Waals surface area (Å²) in [5.41, 5.74) is 0. The monoisotopic (exact) mass is 470 g/mol. The van der Waals surface area contributed by atoms with Crippen LogP contribution in [0.2, 0.25) is 0 Å². The second-order valence-electron chi connectivity index (χ2n) is 6.68. The highest BCUT2D eigenvalue weighted by Crippen LogP contribution is 2.35. The highest BCUT2D eigenvalue weighted by Gasteiger charge is 2.20. The van der Waals surface area contributed by atoms with Crippen LogP contribution in [0.4, 0.5) is 0 Å². The molecule has 0 aliphatic heterocycles. The Morgan fingerprint density at radius 3 is 2.11 bits per heavy atom. The molecule has 0 aliphatic carbocycles. The third-order valence-electron chi connectivity index (χ3n) is 4.04. The lowest BCUT2D eigenvalue weighted by atomic mass is 10.1. The van der Waals surface area contributed by atoms with Gasteiger partial charge in [-0.25, -0.2) is 4.57 Å². The van der Waals surface area contributed by atoms with Gasteiger partial charge in [-0.2, -0.15) is 0 Å². The first-order valence-corrected chi connectivity index (χ1v) is 12.6. The lowest BCUT2D eigenvalue weighted by molar-refractivity contribution is -0.149. The van der Waals surface area contributed by atoms with Gasteiger partial charge >= 0.3 is 13.8 Å². The molecular formula is C19H36BrO6P. The predicted octanol–water partition coefficient (Wildman–Crippen LogP) is 5.66. The summed E-state index contributed by atoms with van der Waals surface area (Å²) in [6, 6.07) is 0. The number of allylic oxidation sites excluding steroid dienone is 2. The molecule has 0 unspecified atom stereocenters. The Morgan fingerprint density at radius 1 is 1.00 bits per heavy atom. The average Bonchev–Trinajstić information content (AvgIpc) is 2.61. The first-order valence-electron chi connectivity index (χ1n) is 9.99. The molecule has 0 bridgehead atoms. The zero-order valence-corrected chi connectivity index (χ0v) is 19.0. The van der Waals surface area contributed by atoms with Gasteiger partial charge in [-0.15, -0.1) is 0 Å². The van der Waals surface area contributed by atoms with Crippen LogP contribution in [0.25, 0.3) is 0 Å². The van der Waals surface area contributed by atoms with Crippen molar-refractivity contribution in [2.24, 2.45) is 0 Å². The molecule has 0 aromatic carbocycles. The molecule has 160 valence electrons. The van der Waals surface area contributed by atoms with Crippen molar-refractivity contribution in [3.8, 4) is 0 Å². The number of unbranched alkanes of at least 4 members (excludes halogenated alkanes) is 9. The second kappa shape index (κ2) is 17.9. The SMILES string of the molecule is CCCCCC/C=C\CCCCCCCC(=O)O[C@H](CBr)COP(=O)(O)O. The lowest BCUT2D eigenvalue weighted by Crippen LogP contribution is -2.24. The molecule has 6 nitrogen and oxygen atoms in total. The van der Waals surface area contributed by atoms with E-state index in [9.17, 15) is 9.36 Å². The maximum absolute atomic E-state index is 11.7. The number of alkyl halides is 1. The van der Waals surface area contributed by atoms with Gasteiger partial charge in [0.1, 0.15) is 6.10 Å². The fourth-order valence-corrected chi connectivity index (χ4v) is 3.20. The van der Waals surface area contributed by atoms with Gasteiger partial charge in [-0.05, 0) is 32.1 Å². The minimum atomic E-state index is -4.54. The van der Waals surface area contributed by atoms with Crippen molar-refractivity contribution >= 4 is 29.7 Å². The van der Waals surface area contributed by atoms with E-state index in [0.717, 1.165) is 32.1 Å². The number of hydrogen-bond donors (Lipinski definition) is 2. The van der Waals surface area contributed by atoms with Gasteiger partial charge in [0.05, 0.1) is 6.61 Å². The second-order valence-corrected chi connectivity index (χ2v) is 8.57. The summed E-state index contributed by atoms with van der Waals surface area (Å²) in [5, 5.41) is 0.269. The molecule has 0 aromatic heterocycles. The normalized spacial score (nSPS) is 13.2. The first kappa shape index (κ1) is 26.8. The Bertz CT molecular complexity index is 438. The molecule has 0 radical (unpaired) electrons. The number of esters is 1. The van der Waals surface area contributed by atoms with E-state index in [1.807, 2.05) is 0 Å². The highest BCUT2D eigenvalue weighted by atomic mass is 79.9. The van der Waals surface area contributed by atoms with Crippen LogP contribution in [0, 0.1) is 0 Å². The molecule has 1 atom stereocenters. The third kappa shape index (κ3) is 20.3. The molecular weight excluding hydrogens is 435 g/mol. The van der Waals surface area contributed by atoms with Gasteiger partial charge in [0, 0.05) is 11.8 Å². The minimum absolute atomic E-state index is 0.269. The van der Waals surface area contributed by atoms with E-state index in [4.69, 9.17) is 14.5 Å². The highest BCUT2D eigenvalue weighted by molar-refractivity contribution is 9.09. The van der Waals surface area contributed by atoms with Gasteiger partial charge in [0.15, 0.2) is 0 Å². The maximum Gasteiger partial charge on any atom is 0.469 e. The fourth-order valence-electron chi connectivity index (χ4n) is 2.52. The summed E-state index contributed by atoms with van der Waals surface area (Å²) < 4.78 is 20.2. The Hall–Kier alpha value is -0.200. The number of halogens is 1. The minimum Gasteiger partial charge on any atom is -0.459 e. The largest absolute Gasteiger partial charge is 0.469 e. The van der Waals surface area contributed by atoms with Crippen molar-refractivity contribution in [3.63, 3.8) is 0 Å². The van der Waals surface area contributed by atoms with Gasteiger partial charge in [-0.3, -0.25) is 9.32 Å². The summed E-state index contributed by atoms with van der Waals surface area (Å²) in [6.07, 6.45) is 16.9. The molecule has 2 N–H and O–H groups in total. The molecule has 0 saturated heterocycles. The number of phosphoric acid groups is 1. The number of carbonyl (C=O) groups is 1. The van der Waals surface area contributed by atoms with E-state index in [-0.39, 0.29) is 17.9 Å². The number of ether oxygens (including phenoxy) is 1. The van der Waals surface area contributed by atoms with E-state index in [1.165, 1.54) is 38.5 Å². The number of phosphoric ester groups is 1. The van der Waals surface area contributed by atoms with Crippen molar-refractivity contribution in [2.45, 2.75) is 90.1 Å². The van der Waals surface area contributed by atoms with Crippen LogP contribution in [-0.4, -0.2) is 33.8 Å². The van der Waals surface area contributed by atoms with E-state index < -0.39 is 13.9 Å². The van der Waals surface area contributed by atoms with Gasteiger partial charge in [0.2, 0.25) is 0 Å². The summed E-state index contributed by atoms with van der Waals surface area (Å²) in [7, 11) is -4.54. The van der Waals surface area contributed by atoms with Crippen LogP contribution in [0.15, 0.2) is 12.2 Å². The summed E-state index contributed by atoms with van der Waals surface area (Å²) in [4.78, 5) is 29.1. The zero-order valence-electron chi connectivity index (χ0n) is 16.5. The molecule has 0 heterocycles. The van der Waals surface area contributed by atoms with Crippen molar-refractivity contribution in [3.05, 3.63) is 12.2 Å². The Kier molecular flexibility index (Phi) is 17.7. The molecule has 0 saturated carbocycles. The van der Waals surface area contributed by atoms with E-state index >= 15 is 0 Å². The molecule has 0 aliphatic rings. The van der Waals surface area contributed by atoms with Crippen LogP contribution in [-0.2, 0) is 18.6 Å². The number of carbonyl (C=O) groups excluding carboxylic acids is 1. The van der Waals surface area contributed by atoms with E-state index in [2.05, 4.69) is 39.5 Å². The Morgan fingerprint density at radius 2 is 1.56 bits per heavy atom. The van der Waals surface area contributed by atoms with Crippen molar-refractivity contribution < 1.29 is 28.4 Å². The molecule has 0 amide bonds. The molecule has 27 heavy (non-hydrogen) atoms. The van der Waals surface area contributed by atoms with Gasteiger partial charge in [-0.1, -0.05) is 73.5 Å². The van der Waals surface area contributed by atoms with Crippen molar-refractivity contribution in [1.82, 2.24) is 0 Å². The predicted molar refractivity (Wildman–Crippen MR) is 112 cm³/mol. The summed E-state index contributed by atoms with van der Waals surface area (Å²) >= 11 is 3.14. The van der Waals surface area contributed by atoms with Crippen LogP contribution in [0.3, 0.4) is 0 Å². The van der Waals surface area contributed by atoms with E-state index in [1.54, 1.807) is 0 Å². The Labute approximate surface area is 172 Å². The zero-order chi connectivity index (χ0) is 20.4. The van der Waals surface area contributed by atoms with Crippen LogP contribution >= 0.6 is 23.8 Å². The maximum atomic E-state index is 11.7. The lowest BCUT2D eigenvalue weighted by Gasteiger charge is -2.15. The number of hydrogen-bond acceptors (Lipinski definition) is 4. The molecule has 8 heteroatoms. The van der Waals surface area contributed by atoms with Crippen LogP contribution < -0.4 is 0 Å². The fraction of sp³-hybridized carbons (Fsp3) is 0.842. The van der Waals surface area contributed by atoms with Crippen LogP contribution in [0.1, 0.15) is 84.0 Å². The summed E-state index contributed by atoms with van der Waals surface area (Å²) in [5.74, 6) is -0.361. The van der Waals surface area contributed by atoms with E-state index in [0.29, 0.717) is 6.42 Å². The molecule has 0 rings (SSSR count). The van der Waals surface area contributed by atoms with Gasteiger partial charge < -0.3 is 14.5 Å². The average molecular weight is 471 g/mol. The Balaban J connectivity index is 3.54. The first-order chi connectivity index (χ1) is 12.9. The smallest absolute Gasteiger partial charge is 0.459 e. The van der Waals surface area contributed by atoms with Crippen molar-refractivity contribution in [1.29, 1.82) is 0 Å². The molecule has 0 spiro atoms. The third-order valence-corrected chi connectivity index (χ3v) is 5.25. The van der Waals surface area contributed by atoms with Crippen LogP contribution in [0.5, 0.6) is 0 Å². The van der Waals surface area contributed by atoms with Crippen molar-refractivity contribution in [2.75, 3.05) is 11.9 Å². The quantitative estimate of drug-likeness (QED) is 0.0881. The topological polar surface area (TPSA) is 93.1 Å². The van der Waals surface area contributed by atoms with Gasteiger partial charge in [0.25, 0.3) is 0 Å². The summed E-state index contributed by atoms with van der Waals surface area (Å²) in [6.45, 7) is 1.90. The molecule has 0 fully saturated rings. The number of rotatable bonds is 18. The molecule has 0 aromatic rings.